The maximum atomic E-state index is 13.8. The molecule has 1 aliphatic heterocycles. The van der Waals surface area contributed by atoms with Crippen LogP contribution in [-0.4, -0.2) is 39.3 Å². The zero-order valence-corrected chi connectivity index (χ0v) is 25.0. The summed E-state index contributed by atoms with van der Waals surface area (Å²) in [4.78, 5) is 15.7. The second kappa shape index (κ2) is 12.6. The first-order valence-electron chi connectivity index (χ1n) is 15.2. The molecule has 2 atom stereocenters. The van der Waals surface area contributed by atoms with Crippen LogP contribution in [0.15, 0.2) is 128 Å². The number of imidazole rings is 1. The molecule has 1 fully saturated rings. The van der Waals surface area contributed by atoms with E-state index in [1.807, 2.05) is 40.8 Å². The molecule has 8 heteroatoms. The molecule has 3 heterocycles. The van der Waals surface area contributed by atoms with Gasteiger partial charge in [0, 0.05) is 13.6 Å². The molecule has 7 rings (SSSR count). The SMILES string of the molecule is CN(Cc1cccc(F)c1)c1ncnc2c1ncn2C1CCC(COC(c2ccccc2)(c2ccccc2)c2ccccc2)O1. The highest BCUT2D eigenvalue weighted by Gasteiger charge is 2.39. The van der Waals surface area contributed by atoms with Gasteiger partial charge in [0.05, 0.1) is 19.0 Å². The highest BCUT2D eigenvalue weighted by atomic mass is 19.1. The molecular formula is C37H34FN5O2. The van der Waals surface area contributed by atoms with Gasteiger partial charge in [-0.3, -0.25) is 4.57 Å². The van der Waals surface area contributed by atoms with Gasteiger partial charge in [0.15, 0.2) is 17.0 Å². The Bertz CT molecular complexity index is 1770. The molecule has 2 aromatic heterocycles. The fourth-order valence-electron chi connectivity index (χ4n) is 6.31. The topological polar surface area (TPSA) is 65.3 Å². The van der Waals surface area contributed by atoms with Gasteiger partial charge in [-0.05, 0) is 47.2 Å². The van der Waals surface area contributed by atoms with E-state index in [0.717, 1.165) is 35.1 Å². The normalized spacial score (nSPS) is 16.7. The van der Waals surface area contributed by atoms with Gasteiger partial charge in [0.25, 0.3) is 0 Å². The van der Waals surface area contributed by atoms with E-state index in [1.54, 1.807) is 18.7 Å². The molecule has 0 saturated carbocycles. The van der Waals surface area contributed by atoms with E-state index in [2.05, 4.69) is 87.7 Å². The number of aromatic nitrogens is 4. The monoisotopic (exact) mass is 599 g/mol. The first kappa shape index (κ1) is 28.8. The summed E-state index contributed by atoms with van der Waals surface area (Å²) >= 11 is 0. The van der Waals surface area contributed by atoms with E-state index in [1.165, 1.54) is 12.1 Å². The molecule has 6 aromatic rings. The van der Waals surface area contributed by atoms with Crippen LogP contribution in [0.3, 0.4) is 0 Å². The molecule has 1 aliphatic rings. The number of nitrogens with zero attached hydrogens (tertiary/aromatic N) is 5. The summed E-state index contributed by atoms with van der Waals surface area (Å²) in [5.74, 6) is 0.419. The fourth-order valence-corrected chi connectivity index (χ4v) is 6.31. The van der Waals surface area contributed by atoms with Crippen molar-refractivity contribution in [3.63, 3.8) is 0 Å². The molecule has 0 aliphatic carbocycles. The van der Waals surface area contributed by atoms with Gasteiger partial charge < -0.3 is 14.4 Å². The van der Waals surface area contributed by atoms with Gasteiger partial charge in [0.2, 0.25) is 0 Å². The number of fused-ring (bicyclic) bond motifs is 1. The molecule has 0 radical (unpaired) electrons. The smallest absolute Gasteiger partial charge is 0.167 e. The number of hydrogen-bond acceptors (Lipinski definition) is 6. The first-order chi connectivity index (χ1) is 22.1. The van der Waals surface area contributed by atoms with E-state index < -0.39 is 5.60 Å². The quantitative estimate of drug-likeness (QED) is 0.154. The van der Waals surface area contributed by atoms with E-state index in [-0.39, 0.29) is 18.1 Å². The van der Waals surface area contributed by atoms with Crippen molar-refractivity contribution in [2.75, 3.05) is 18.6 Å². The first-order valence-corrected chi connectivity index (χ1v) is 15.2. The molecule has 0 amide bonds. The van der Waals surface area contributed by atoms with Crippen LogP contribution in [0.25, 0.3) is 11.2 Å². The third-order valence-corrected chi connectivity index (χ3v) is 8.43. The number of rotatable bonds is 10. The minimum Gasteiger partial charge on any atom is -0.358 e. The van der Waals surface area contributed by atoms with Crippen LogP contribution in [0.2, 0.25) is 0 Å². The van der Waals surface area contributed by atoms with Crippen molar-refractivity contribution in [1.82, 2.24) is 19.5 Å². The minimum atomic E-state index is -0.804. The van der Waals surface area contributed by atoms with Gasteiger partial charge >= 0.3 is 0 Å². The molecule has 0 spiro atoms. The van der Waals surface area contributed by atoms with Crippen LogP contribution in [-0.2, 0) is 21.6 Å². The van der Waals surface area contributed by atoms with Crippen LogP contribution in [0, 0.1) is 5.82 Å². The van der Waals surface area contributed by atoms with Crippen molar-refractivity contribution in [3.05, 3.63) is 156 Å². The van der Waals surface area contributed by atoms with Gasteiger partial charge in [0.1, 0.15) is 24.0 Å². The molecule has 45 heavy (non-hydrogen) atoms. The molecule has 0 bridgehead atoms. The zero-order valence-electron chi connectivity index (χ0n) is 25.0. The lowest BCUT2D eigenvalue weighted by Crippen LogP contribution is -2.35. The third kappa shape index (κ3) is 5.70. The second-order valence-electron chi connectivity index (χ2n) is 11.4. The van der Waals surface area contributed by atoms with Crippen LogP contribution in [0.5, 0.6) is 0 Å². The summed E-state index contributed by atoms with van der Waals surface area (Å²) in [6, 6.07) is 37.7. The van der Waals surface area contributed by atoms with Crippen LogP contribution < -0.4 is 4.90 Å². The number of hydrogen-bond donors (Lipinski definition) is 0. The van der Waals surface area contributed by atoms with Gasteiger partial charge in [-0.1, -0.05) is 103 Å². The number of halogens is 1. The average molecular weight is 600 g/mol. The number of ether oxygens (including phenoxy) is 2. The Hall–Kier alpha value is -4.92. The van der Waals surface area contributed by atoms with Gasteiger partial charge in [-0.15, -0.1) is 0 Å². The Morgan fingerprint density at radius 1 is 0.822 bits per heavy atom. The highest BCUT2D eigenvalue weighted by molar-refractivity contribution is 5.83. The lowest BCUT2D eigenvalue weighted by Gasteiger charge is -2.36. The molecule has 7 nitrogen and oxygen atoms in total. The standard InChI is InChI=1S/C37H34FN5O2/c1-42(23-27-12-11-19-31(38)22-27)35-34-36(40-25-39-35)43(26-41-34)33-21-20-32(45-33)24-44-37(28-13-5-2-6-14-28,29-15-7-3-8-16-29)30-17-9-4-10-18-30/h2-19,22,25-26,32-33H,20-21,23-24H2,1H3. The Morgan fingerprint density at radius 3 is 2.09 bits per heavy atom. The zero-order chi connectivity index (χ0) is 30.6. The Balaban J connectivity index is 1.13. The van der Waals surface area contributed by atoms with E-state index in [4.69, 9.17) is 9.47 Å². The maximum absolute atomic E-state index is 13.8. The lowest BCUT2D eigenvalue weighted by atomic mass is 9.80. The van der Waals surface area contributed by atoms with E-state index >= 15 is 0 Å². The molecule has 4 aromatic carbocycles. The Labute approximate surface area is 261 Å². The Kier molecular flexibility index (Phi) is 8.07. The van der Waals surface area contributed by atoms with Crippen LogP contribution >= 0.6 is 0 Å². The van der Waals surface area contributed by atoms with Crippen molar-refractivity contribution in [2.24, 2.45) is 0 Å². The number of benzene rings is 4. The lowest BCUT2D eigenvalue weighted by molar-refractivity contribution is -0.0756. The summed E-state index contributed by atoms with van der Waals surface area (Å²) < 4.78 is 29.4. The summed E-state index contributed by atoms with van der Waals surface area (Å²) in [6.45, 7) is 0.889. The van der Waals surface area contributed by atoms with Crippen LogP contribution in [0.4, 0.5) is 10.2 Å². The van der Waals surface area contributed by atoms with Crippen molar-refractivity contribution in [2.45, 2.75) is 37.3 Å². The summed E-state index contributed by atoms with van der Waals surface area (Å²) in [7, 11) is 1.92. The summed E-state index contributed by atoms with van der Waals surface area (Å²) in [6.07, 6.45) is 4.58. The molecule has 2 unspecified atom stereocenters. The fraction of sp³-hybridized carbons (Fsp3) is 0.216. The van der Waals surface area contributed by atoms with Crippen molar-refractivity contribution >= 4 is 17.0 Å². The minimum absolute atomic E-state index is 0.125. The van der Waals surface area contributed by atoms with Crippen molar-refractivity contribution in [3.8, 4) is 0 Å². The predicted octanol–water partition coefficient (Wildman–Crippen LogP) is 7.29. The molecular weight excluding hydrogens is 565 g/mol. The maximum Gasteiger partial charge on any atom is 0.167 e. The van der Waals surface area contributed by atoms with Crippen LogP contribution in [0.1, 0.15) is 41.3 Å². The van der Waals surface area contributed by atoms with Crippen molar-refractivity contribution < 1.29 is 13.9 Å². The van der Waals surface area contributed by atoms with Gasteiger partial charge in [-0.2, -0.15) is 0 Å². The average Bonchev–Trinajstić information content (AvgIpc) is 3.74. The molecule has 0 N–H and O–H groups in total. The largest absolute Gasteiger partial charge is 0.358 e. The number of anilines is 1. The van der Waals surface area contributed by atoms with E-state index in [9.17, 15) is 4.39 Å². The Morgan fingerprint density at radius 2 is 1.47 bits per heavy atom. The predicted molar refractivity (Wildman–Crippen MR) is 172 cm³/mol. The van der Waals surface area contributed by atoms with E-state index in [0.29, 0.717) is 30.1 Å². The molecule has 226 valence electrons. The third-order valence-electron chi connectivity index (χ3n) is 8.43. The van der Waals surface area contributed by atoms with Crippen molar-refractivity contribution in [1.29, 1.82) is 0 Å². The molecule has 1 saturated heterocycles. The van der Waals surface area contributed by atoms with Gasteiger partial charge in [-0.25, -0.2) is 19.3 Å². The highest BCUT2D eigenvalue weighted by Crippen LogP contribution is 2.42. The summed E-state index contributed by atoms with van der Waals surface area (Å²) in [5, 5.41) is 0. The second-order valence-corrected chi connectivity index (χ2v) is 11.4. The summed E-state index contributed by atoms with van der Waals surface area (Å²) in [5.41, 5.74) is 4.60.